The lowest BCUT2D eigenvalue weighted by molar-refractivity contribution is 0.566. The minimum absolute atomic E-state index is 0.670. The molecule has 0 amide bonds. The lowest BCUT2D eigenvalue weighted by Crippen LogP contribution is -2.39. The molecule has 1 aromatic heterocycles. The molecular formula is C17H25N3. The Morgan fingerprint density at radius 1 is 1.10 bits per heavy atom. The number of aryl methyl sites for hydroxylation is 2. The third kappa shape index (κ3) is 2.69. The van der Waals surface area contributed by atoms with Crippen LogP contribution in [0.3, 0.4) is 0 Å². The first kappa shape index (κ1) is 12.6. The number of hydrogen-bond acceptors (Lipinski definition) is 3. The van der Waals surface area contributed by atoms with Crippen molar-refractivity contribution >= 4 is 5.82 Å². The Kier molecular flexibility index (Phi) is 3.39. The first-order valence-corrected chi connectivity index (χ1v) is 8.35. The van der Waals surface area contributed by atoms with Crippen molar-refractivity contribution in [1.29, 1.82) is 0 Å². The van der Waals surface area contributed by atoms with Gasteiger partial charge in [-0.05, 0) is 69.0 Å². The number of fused-ring (bicyclic) bond motifs is 1. The summed E-state index contributed by atoms with van der Waals surface area (Å²) in [6, 6.07) is 5.26. The molecule has 20 heavy (non-hydrogen) atoms. The van der Waals surface area contributed by atoms with Gasteiger partial charge >= 0.3 is 0 Å². The number of aromatic nitrogens is 1. The highest BCUT2D eigenvalue weighted by Gasteiger charge is 2.27. The lowest BCUT2D eigenvalue weighted by Gasteiger charge is -2.27. The Bertz CT molecular complexity index is 475. The molecular weight excluding hydrogens is 246 g/mol. The Morgan fingerprint density at radius 3 is 2.85 bits per heavy atom. The number of pyridine rings is 1. The van der Waals surface area contributed by atoms with Crippen LogP contribution in [-0.4, -0.2) is 30.7 Å². The van der Waals surface area contributed by atoms with Crippen LogP contribution in [0.2, 0.25) is 0 Å². The molecule has 3 aliphatic rings. The number of nitrogens with one attached hydrogen (secondary N) is 1. The SMILES string of the molecule is c1cc2c(nc1N(CC1CC1)CC1CCCN1)CCC2. The molecule has 1 aliphatic heterocycles. The van der Waals surface area contributed by atoms with Gasteiger partial charge in [0.05, 0.1) is 0 Å². The zero-order chi connectivity index (χ0) is 13.4. The van der Waals surface area contributed by atoms with Crippen molar-refractivity contribution in [1.82, 2.24) is 10.3 Å². The molecule has 0 aromatic carbocycles. The van der Waals surface area contributed by atoms with E-state index in [0.717, 1.165) is 12.5 Å². The fourth-order valence-electron chi connectivity index (χ4n) is 3.64. The smallest absolute Gasteiger partial charge is 0.128 e. The minimum Gasteiger partial charge on any atom is -0.355 e. The highest BCUT2D eigenvalue weighted by atomic mass is 15.2. The Hall–Kier alpha value is -1.09. The molecule has 1 saturated heterocycles. The largest absolute Gasteiger partial charge is 0.355 e. The lowest BCUT2D eigenvalue weighted by atomic mass is 10.2. The van der Waals surface area contributed by atoms with Crippen molar-refractivity contribution in [2.45, 2.75) is 51.0 Å². The zero-order valence-electron chi connectivity index (χ0n) is 12.3. The van der Waals surface area contributed by atoms with E-state index in [-0.39, 0.29) is 0 Å². The van der Waals surface area contributed by atoms with Gasteiger partial charge in [-0.25, -0.2) is 4.98 Å². The van der Waals surface area contributed by atoms with Gasteiger partial charge in [0.2, 0.25) is 0 Å². The van der Waals surface area contributed by atoms with Crippen LogP contribution in [0.4, 0.5) is 5.82 Å². The van der Waals surface area contributed by atoms with E-state index in [2.05, 4.69) is 22.3 Å². The van der Waals surface area contributed by atoms with Crippen molar-refractivity contribution < 1.29 is 0 Å². The molecule has 3 heteroatoms. The maximum Gasteiger partial charge on any atom is 0.128 e. The molecule has 4 rings (SSSR count). The van der Waals surface area contributed by atoms with Crippen LogP contribution in [0, 0.1) is 5.92 Å². The van der Waals surface area contributed by atoms with E-state index in [1.807, 2.05) is 0 Å². The third-order valence-corrected chi connectivity index (χ3v) is 5.02. The number of nitrogens with zero attached hydrogens (tertiary/aromatic N) is 2. The van der Waals surface area contributed by atoms with E-state index in [1.54, 1.807) is 0 Å². The summed E-state index contributed by atoms with van der Waals surface area (Å²) in [5.74, 6) is 2.15. The van der Waals surface area contributed by atoms with Crippen LogP contribution in [0.5, 0.6) is 0 Å². The Balaban J connectivity index is 1.52. The van der Waals surface area contributed by atoms with Crippen molar-refractivity contribution in [3.63, 3.8) is 0 Å². The second kappa shape index (κ2) is 5.36. The van der Waals surface area contributed by atoms with Gasteiger partial charge in [-0.15, -0.1) is 0 Å². The molecule has 2 heterocycles. The average molecular weight is 271 g/mol. The summed E-state index contributed by atoms with van der Waals surface area (Å²) < 4.78 is 0. The molecule has 1 N–H and O–H groups in total. The summed E-state index contributed by atoms with van der Waals surface area (Å²) in [6.45, 7) is 3.55. The third-order valence-electron chi connectivity index (χ3n) is 5.02. The first-order valence-electron chi connectivity index (χ1n) is 8.35. The van der Waals surface area contributed by atoms with Crippen LogP contribution < -0.4 is 10.2 Å². The maximum atomic E-state index is 4.97. The van der Waals surface area contributed by atoms with Gasteiger partial charge in [-0.2, -0.15) is 0 Å². The van der Waals surface area contributed by atoms with Gasteiger partial charge in [-0.3, -0.25) is 0 Å². The summed E-state index contributed by atoms with van der Waals surface area (Å²) in [7, 11) is 0. The number of anilines is 1. The maximum absolute atomic E-state index is 4.97. The second-order valence-corrected chi connectivity index (χ2v) is 6.77. The van der Waals surface area contributed by atoms with Gasteiger partial charge in [0.1, 0.15) is 5.82 Å². The van der Waals surface area contributed by atoms with Crippen molar-refractivity contribution in [3.8, 4) is 0 Å². The molecule has 0 bridgehead atoms. The minimum atomic E-state index is 0.670. The summed E-state index contributed by atoms with van der Waals surface area (Å²) in [5.41, 5.74) is 2.85. The topological polar surface area (TPSA) is 28.2 Å². The summed E-state index contributed by atoms with van der Waals surface area (Å²) in [6.07, 6.45) is 9.20. The highest BCUT2D eigenvalue weighted by Crippen LogP contribution is 2.32. The Labute approximate surface area is 121 Å². The van der Waals surface area contributed by atoms with Crippen molar-refractivity contribution in [2.75, 3.05) is 24.5 Å². The fourth-order valence-corrected chi connectivity index (χ4v) is 3.64. The highest BCUT2D eigenvalue weighted by molar-refractivity contribution is 5.43. The fraction of sp³-hybridized carbons (Fsp3) is 0.706. The van der Waals surface area contributed by atoms with E-state index in [0.29, 0.717) is 6.04 Å². The summed E-state index contributed by atoms with van der Waals surface area (Å²) in [4.78, 5) is 7.53. The number of rotatable bonds is 5. The van der Waals surface area contributed by atoms with Crippen molar-refractivity contribution in [2.24, 2.45) is 5.92 Å². The van der Waals surface area contributed by atoms with Crippen LogP contribution in [0.25, 0.3) is 0 Å². The van der Waals surface area contributed by atoms with Crippen molar-refractivity contribution in [3.05, 3.63) is 23.4 Å². The molecule has 1 atom stereocenters. The molecule has 1 aromatic rings. The van der Waals surface area contributed by atoms with E-state index in [4.69, 9.17) is 4.98 Å². The summed E-state index contributed by atoms with van der Waals surface area (Å²) >= 11 is 0. The standard InChI is InChI=1S/C17H25N3/c1-3-14-8-9-17(19-16(14)5-1)20(11-13-6-7-13)12-15-4-2-10-18-15/h8-9,13,15,18H,1-7,10-12H2. The summed E-state index contributed by atoms with van der Waals surface area (Å²) in [5, 5.41) is 3.63. The number of hydrogen-bond donors (Lipinski definition) is 1. The molecule has 3 nitrogen and oxygen atoms in total. The predicted molar refractivity (Wildman–Crippen MR) is 82.2 cm³/mol. The van der Waals surface area contributed by atoms with Gasteiger partial charge in [0.15, 0.2) is 0 Å². The van der Waals surface area contributed by atoms with Crippen LogP contribution in [0.1, 0.15) is 43.4 Å². The molecule has 1 unspecified atom stereocenters. The first-order chi connectivity index (χ1) is 9.88. The molecule has 0 radical (unpaired) electrons. The van der Waals surface area contributed by atoms with Crippen LogP contribution >= 0.6 is 0 Å². The zero-order valence-corrected chi connectivity index (χ0v) is 12.3. The molecule has 1 saturated carbocycles. The van der Waals surface area contributed by atoms with E-state index < -0.39 is 0 Å². The normalized spacial score (nSPS) is 24.9. The molecule has 108 valence electrons. The second-order valence-electron chi connectivity index (χ2n) is 6.77. The van der Waals surface area contributed by atoms with Gasteiger partial charge in [0.25, 0.3) is 0 Å². The molecule has 2 fully saturated rings. The van der Waals surface area contributed by atoms with E-state index in [1.165, 1.54) is 75.1 Å². The van der Waals surface area contributed by atoms with Gasteiger partial charge in [-0.1, -0.05) is 6.07 Å². The van der Waals surface area contributed by atoms with Gasteiger partial charge < -0.3 is 10.2 Å². The predicted octanol–water partition coefficient (Wildman–Crippen LogP) is 2.54. The molecule has 2 aliphatic carbocycles. The quantitative estimate of drug-likeness (QED) is 0.892. The van der Waals surface area contributed by atoms with Gasteiger partial charge in [0, 0.05) is 24.8 Å². The van der Waals surface area contributed by atoms with E-state index >= 15 is 0 Å². The van der Waals surface area contributed by atoms with E-state index in [9.17, 15) is 0 Å². The average Bonchev–Trinajstić information content (AvgIpc) is 2.95. The monoisotopic (exact) mass is 271 g/mol. The molecule has 0 spiro atoms. The Morgan fingerprint density at radius 2 is 2.05 bits per heavy atom. The van der Waals surface area contributed by atoms with Crippen LogP contribution in [-0.2, 0) is 12.8 Å². The van der Waals surface area contributed by atoms with Crippen LogP contribution in [0.15, 0.2) is 12.1 Å².